The Labute approximate surface area is 93.1 Å². The molecule has 1 fully saturated rings. The molecule has 0 radical (unpaired) electrons. The van der Waals surface area contributed by atoms with Crippen LogP contribution in [-0.4, -0.2) is 27.0 Å². The van der Waals surface area contributed by atoms with Crippen LogP contribution in [0.4, 0.5) is 5.82 Å². The summed E-state index contributed by atoms with van der Waals surface area (Å²) < 4.78 is 0. The Balaban J connectivity index is 1.93. The Bertz CT molecular complexity index is 521. The van der Waals surface area contributed by atoms with Crippen molar-refractivity contribution in [3.05, 3.63) is 24.5 Å². The van der Waals surface area contributed by atoms with Crippen LogP contribution in [0.25, 0.3) is 11.2 Å². The van der Waals surface area contributed by atoms with E-state index in [2.05, 4.69) is 20.3 Å². The van der Waals surface area contributed by atoms with Crippen LogP contribution in [0.15, 0.2) is 24.5 Å². The number of aromatic nitrogens is 3. The van der Waals surface area contributed by atoms with Gasteiger partial charge in [-0.1, -0.05) is 0 Å². The predicted molar refractivity (Wildman–Crippen MR) is 62.0 cm³/mol. The summed E-state index contributed by atoms with van der Waals surface area (Å²) in [6.07, 6.45) is 5.54. The van der Waals surface area contributed by atoms with E-state index in [1.807, 2.05) is 12.1 Å². The minimum atomic E-state index is 0.0723. The molecule has 2 aromatic heterocycles. The number of nitrogens with zero attached hydrogens (tertiary/aromatic N) is 3. The number of hydrogen-bond acceptors (Lipinski definition) is 5. The topological polar surface area (TPSA) is 76.7 Å². The summed E-state index contributed by atoms with van der Waals surface area (Å²) >= 11 is 0. The van der Waals surface area contributed by atoms with Gasteiger partial charge in [-0.2, -0.15) is 0 Å². The van der Waals surface area contributed by atoms with Gasteiger partial charge in [-0.05, 0) is 25.0 Å². The van der Waals surface area contributed by atoms with Gasteiger partial charge in [0.25, 0.3) is 0 Å². The highest BCUT2D eigenvalue weighted by molar-refractivity contribution is 5.71. The van der Waals surface area contributed by atoms with Crippen LogP contribution in [0.1, 0.15) is 12.8 Å². The molecule has 0 atom stereocenters. The molecule has 0 aliphatic heterocycles. The first kappa shape index (κ1) is 9.47. The number of pyridine rings is 1. The van der Waals surface area contributed by atoms with Crippen LogP contribution < -0.4 is 11.1 Å². The number of rotatable bonds is 3. The monoisotopic (exact) mass is 215 g/mol. The van der Waals surface area contributed by atoms with Crippen LogP contribution in [0.5, 0.6) is 0 Å². The minimum Gasteiger partial charge on any atom is -0.363 e. The van der Waals surface area contributed by atoms with E-state index < -0.39 is 0 Å². The van der Waals surface area contributed by atoms with Gasteiger partial charge in [0.15, 0.2) is 5.65 Å². The van der Waals surface area contributed by atoms with Gasteiger partial charge < -0.3 is 11.1 Å². The molecule has 2 heterocycles. The Morgan fingerprint density at radius 2 is 2.06 bits per heavy atom. The van der Waals surface area contributed by atoms with E-state index in [0.717, 1.165) is 24.2 Å². The van der Waals surface area contributed by atoms with E-state index in [1.54, 1.807) is 12.4 Å². The minimum absolute atomic E-state index is 0.0723. The third kappa shape index (κ3) is 1.59. The smallest absolute Gasteiger partial charge is 0.180 e. The Hall–Kier alpha value is -1.75. The molecule has 1 aliphatic rings. The number of fused-ring (bicyclic) bond motifs is 1. The lowest BCUT2D eigenvalue weighted by molar-refractivity contribution is 0.737. The van der Waals surface area contributed by atoms with E-state index in [1.165, 1.54) is 0 Å². The van der Waals surface area contributed by atoms with E-state index in [0.29, 0.717) is 12.2 Å². The highest BCUT2D eigenvalue weighted by Crippen LogP contribution is 2.37. The van der Waals surface area contributed by atoms with Gasteiger partial charge in [-0.15, -0.1) is 0 Å². The average molecular weight is 215 g/mol. The van der Waals surface area contributed by atoms with Gasteiger partial charge in [-0.3, -0.25) is 4.98 Å². The molecule has 0 unspecified atom stereocenters. The fourth-order valence-corrected chi connectivity index (χ4v) is 1.73. The predicted octanol–water partition coefficient (Wildman–Crippen LogP) is 0.928. The molecule has 2 aromatic rings. The lowest BCUT2D eigenvalue weighted by atomic mass is 10.2. The van der Waals surface area contributed by atoms with Crippen LogP contribution >= 0.6 is 0 Å². The number of hydrogen-bond donors (Lipinski definition) is 2. The highest BCUT2D eigenvalue weighted by Gasteiger charge is 2.41. The molecular weight excluding hydrogens is 202 g/mol. The molecule has 0 saturated heterocycles. The molecule has 0 bridgehead atoms. The van der Waals surface area contributed by atoms with Crippen LogP contribution in [0, 0.1) is 0 Å². The van der Waals surface area contributed by atoms with Crippen molar-refractivity contribution >= 4 is 17.0 Å². The van der Waals surface area contributed by atoms with Crippen molar-refractivity contribution in [1.29, 1.82) is 0 Å². The first-order chi connectivity index (χ1) is 7.81. The molecule has 3 rings (SSSR count). The van der Waals surface area contributed by atoms with Gasteiger partial charge in [0, 0.05) is 18.9 Å². The van der Waals surface area contributed by atoms with Crippen molar-refractivity contribution in [3.63, 3.8) is 0 Å². The second-order valence-corrected chi connectivity index (χ2v) is 4.21. The van der Waals surface area contributed by atoms with Gasteiger partial charge >= 0.3 is 0 Å². The quantitative estimate of drug-likeness (QED) is 0.796. The highest BCUT2D eigenvalue weighted by atomic mass is 15.1. The van der Waals surface area contributed by atoms with Crippen molar-refractivity contribution < 1.29 is 0 Å². The lowest BCUT2D eigenvalue weighted by Crippen LogP contribution is -2.31. The summed E-state index contributed by atoms with van der Waals surface area (Å²) in [5.74, 6) is 0.830. The fraction of sp³-hybridized carbons (Fsp3) is 0.364. The molecular formula is C11H13N5. The van der Waals surface area contributed by atoms with E-state index >= 15 is 0 Å². The molecule has 5 heteroatoms. The number of nitrogens with one attached hydrogen (secondary N) is 1. The first-order valence-corrected chi connectivity index (χ1v) is 5.37. The SMILES string of the molecule is NCC1(Nc2ccc3nccnc3n2)CC1. The van der Waals surface area contributed by atoms with Gasteiger partial charge in [0.2, 0.25) is 0 Å². The molecule has 5 nitrogen and oxygen atoms in total. The Kier molecular flexibility index (Phi) is 2.00. The largest absolute Gasteiger partial charge is 0.363 e. The van der Waals surface area contributed by atoms with Gasteiger partial charge in [0.05, 0.1) is 5.54 Å². The van der Waals surface area contributed by atoms with Crippen molar-refractivity contribution in [3.8, 4) is 0 Å². The standard InChI is InChI=1S/C11H13N5/c12-7-11(3-4-11)16-9-2-1-8-10(15-9)14-6-5-13-8/h1-2,5-6H,3-4,7,12H2,(H,14,15,16). The molecule has 16 heavy (non-hydrogen) atoms. The summed E-state index contributed by atoms with van der Waals surface area (Å²) in [6.45, 7) is 0.646. The zero-order valence-corrected chi connectivity index (χ0v) is 8.85. The first-order valence-electron chi connectivity index (χ1n) is 5.37. The fourth-order valence-electron chi connectivity index (χ4n) is 1.73. The van der Waals surface area contributed by atoms with E-state index in [9.17, 15) is 0 Å². The maximum absolute atomic E-state index is 5.71. The van der Waals surface area contributed by atoms with E-state index in [-0.39, 0.29) is 5.54 Å². The summed E-state index contributed by atoms with van der Waals surface area (Å²) in [4.78, 5) is 12.8. The maximum atomic E-state index is 5.71. The summed E-state index contributed by atoms with van der Waals surface area (Å²) in [5.41, 5.74) is 7.26. The Morgan fingerprint density at radius 3 is 2.81 bits per heavy atom. The van der Waals surface area contributed by atoms with Gasteiger partial charge in [0.1, 0.15) is 11.3 Å². The molecule has 1 aliphatic carbocycles. The molecule has 1 saturated carbocycles. The lowest BCUT2D eigenvalue weighted by Gasteiger charge is -2.15. The van der Waals surface area contributed by atoms with Crippen LogP contribution in [0.3, 0.4) is 0 Å². The second-order valence-electron chi connectivity index (χ2n) is 4.21. The summed E-state index contributed by atoms with van der Waals surface area (Å²) in [7, 11) is 0. The van der Waals surface area contributed by atoms with Crippen molar-refractivity contribution in [2.75, 3.05) is 11.9 Å². The van der Waals surface area contributed by atoms with Crippen LogP contribution in [0.2, 0.25) is 0 Å². The third-order valence-corrected chi connectivity index (χ3v) is 2.97. The Morgan fingerprint density at radius 1 is 1.25 bits per heavy atom. The number of anilines is 1. The van der Waals surface area contributed by atoms with Crippen molar-refractivity contribution in [2.45, 2.75) is 18.4 Å². The van der Waals surface area contributed by atoms with Crippen LogP contribution in [-0.2, 0) is 0 Å². The number of nitrogens with two attached hydrogens (primary N) is 1. The molecule has 0 spiro atoms. The van der Waals surface area contributed by atoms with Crippen molar-refractivity contribution in [1.82, 2.24) is 15.0 Å². The third-order valence-electron chi connectivity index (χ3n) is 2.97. The normalized spacial score (nSPS) is 17.3. The second kappa shape index (κ2) is 3.38. The molecule has 3 N–H and O–H groups in total. The maximum Gasteiger partial charge on any atom is 0.180 e. The molecule has 0 amide bonds. The zero-order chi connectivity index (χ0) is 11.0. The van der Waals surface area contributed by atoms with Gasteiger partial charge in [-0.25, -0.2) is 9.97 Å². The summed E-state index contributed by atoms with van der Waals surface area (Å²) in [5, 5.41) is 3.37. The van der Waals surface area contributed by atoms with Crippen molar-refractivity contribution in [2.24, 2.45) is 5.73 Å². The molecule has 82 valence electrons. The summed E-state index contributed by atoms with van der Waals surface area (Å²) in [6, 6.07) is 3.84. The average Bonchev–Trinajstić information content (AvgIpc) is 3.09. The molecule has 0 aromatic carbocycles. The zero-order valence-electron chi connectivity index (χ0n) is 8.85. The van der Waals surface area contributed by atoms with E-state index in [4.69, 9.17) is 5.73 Å².